The van der Waals surface area contributed by atoms with Gasteiger partial charge in [0.05, 0.1) is 25.7 Å². The second-order valence-corrected chi connectivity index (χ2v) is 9.12. The van der Waals surface area contributed by atoms with E-state index in [1.807, 2.05) is 0 Å². The number of pyridine rings is 1. The Morgan fingerprint density at radius 3 is 2.39 bits per heavy atom. The lowest BCUT2D eigenvalue weighted by Crippen LogP contribution is -2.52. The van der Waals surface area contributed by atoms with Crippen LogP contribution < -0.4 is 9.47 Å². The number of benzene rings is 2. The molecule has 0 saturated heterocycles. The molecule has 10 heteroatoms. The molecular formula is C26H22ClF2NO6. The number of carbonyl (C=O) groups is 1. The van der Waals surface area contributed by atoms with Crippen molar-refractivity contribution in [3.05, 3.63) is 88.1 Å². The summed E-state index contributed by atoms with van der Waals surface area (Å²) in [6.45, 7) is 0. The van der Waals surface area contributed by atoms with Crippen molar-refractivity contribution in [3.63, 3.8) is 0 Å². The van der Waals surface area contributed by atoms with Crippen LogP contribution in [0.15, 0.2) is 60.7 Å². The van der Waals surface area contributed by atoms with Crippen LogP contribution >= 0.6 is 11.6 Å². The third-order valence-corrected chi connectivity index (χ3v) is 7.31. The Hall–Kier alpha value is -3.27. The molecule has 1 saturated carbocycles. The molecule has 1 aliphatic carbocycles. The lowest BCUT2D eigenvalue weighted by atomic mass is 9.70. The van der Waals surface area contributed by atoms with E-state index in [0.29, 0.717) is 5.56 Å². The molecule has 0 bridgehead atoms. The lowest BCUT2D eigenvalue weighted by molar-refractivity contribution is -0.161. The Morgan fingerprint density at radius 1 is 1.14 bits per heavy atom. The Labute approximate surface area is 210 Å². The van der Waals surface area contributed by atoms with Crippen molar-refractivity contribution in [2.45, 2.75) is 29.6 Å². The fourth-order valence-electron chi connectivity index (χ4n) is 5.69. The van der Waals surface area contributed by atoms with Crippen molar-refractivity contribution >= 4 is 17.6 Å². The highest BCUT2D eigenvalue weighted by atomic mass is 35.5. The molecule has 5 atom stereocenters. The number of halogens is 3. The molecule has 1 aromatic heterocycles. The van der Waals surface area contributed by atoms with Crippen molar-refractivity contribution in [2.24, 2.45) is 5.92 Å². The molecule has 0 unspecified atom stereocenters. The van der Waals surface area contributed by atoms with Crippen LogP contribution in [0.2, 0.25) is 5.15 Å². The summed E-state index contributed by atoms with van der Waals surface area (Å²) >= 11 is 6.17. The topological polar surface area (TPSA) is 98.1 Å². The van der Waals surface area contributed by atoms with Gasteiger partial charge in [-0.05, 0) is 11.1 Å². The first-order valence-electron chi connectivity index (χ1n) is 11.1. The number of carbonyl (C=O) groups excluding carboxylic acids is 1. The number of methoxy groups -OCH3 is 2. The number of esters is 1. The highest BCUT2D eigenvalue weighted by Crippen LogP contribution is 2.69. The molecule has 0 amide bonds. The zero-order valence-corrected chi connectivity index (χ0v) is 19.9. The summed E-state index contributed by atoms with van der Waals surface area (Å²) in [6.07, 6.45) is -4.48. The summed E-state index contributed by atoms with van der Waals surface area (Å²) in [5, 5.41) is 24.2. The Balaban J connectivity index is 1.87. The Kier molecular flexibility index (Phi) is 5.89. The molecule has 3 aromatic rings. The van der Waals surface area contributed by atoms with E-state index in [1.165, 1.54) is 44.6 Å². The second-order valence-electron chi connectivity index (χ2n) is 8.74. The van der Waals surface area contributed by atoms with E-state index in [1.54, 1.807) is 30.3 Å². The summed E-state index contributed by atoms with van der Waals surface area (Å²) < 4.78 is 43.6. The van der Waals surface area contributed by atoms with Crippen LogP contribution in [0, 0.1) is 5.92 Å². The van der Waals surface area contributed by atoms with Crippen LogP contribution in [0.5, 0.6) is 11.6 Å². The summed E-state index contributed by atoms with van der Waals surface area (Å²) in [5.74, 6) is -3.13. The average molecular weight is 518 g/mol. The van der Waals surface area contributed by atoms with E-state index in [-0.39, 0.29) is 33.5 Å². The van der Waals surface area contributed by atoms with Gasteiger partial charge in [0.2, 0.25) is 5.88 Å². The molecule has 36 heavy (non-hydrogen) atoms. The van der Waals surface area contributed by atoms with E-state index < -0.39 is 41.5 Å². The molecule has 7 nitrogen and oxygen atoms in total. The van der Waals surface area contributed by atoms with Gasteiger partial charge in [0.15, 0.2) is 11.2 Å². The molecule has 1 fully saturated rings. The number of alkyl halides is 2. The number of fused-ring (bicyclic) bond motifs is 3. The average Bonchev–Trinajstić information content (AvgIpc) is 3.26. The highest BCUT2D eigenvalue weighted by molar-refractivity contribution is 6.29. The zero-order chi connectivity index (χ0) is 25.8. The number of hydrogen-bond acceptors (Lipinski definition) is 7. The normalized spacial score (nSPS) is 28.4. The quantitative estimate of drug-likeness (QED) is 0.388. The van der Waals surface area contributed by atoms with Gasteiger partial charge in [-0.15, -0.1) is 0 Å². The van der Waals surface area contributed by atoms with Gasteiger partial charge in [0.25, 0.3) is 6.43 Å². The van der Waals surface area contributed by atoms with Crippen LogP contribution in [0.25, 0.3) is 0 Å². The van der Waals surface area contributed by atoms with Gasteiger partial charge in [-0.2, -0.15) is 0 Å². The molecule has 1 aliphatic heterocycles. The van der Waals surface area contributed by atoms with E-state index in [2.05, 4.69) is 4.98 Å². The van der Waals surface area contributed by atoms with Crippen LogP contribution in [0.4, 0.5) is 8.78 Å². The number of hydrogen-bond donors (Lipinski definition) is 2. The van der Waals surface area contributed by atoms with Gasteiger partial charge in [0.1, 0.15) is 17.0 Å². The molecule has 0 spiro atoms. The number of rotatable bonds is 5. The van der Waals surface area contributed by atoms with Crippen molar-refractivity contribution < 1.29 is 38.0 Å². The molecule has 2 heterocycles. The molecule has 0 radical (unpaired) electrons. The summed E-state index contributed by atoms with van der Waals surface area (Å²) in [4.78, 5) is 17.2. The monoisotopic (exact) mass is 517 g/mol. The largest absolute Gasteiger partial charge is 0.481 e. The maximum atomic E-state index is 13.4. The molecular weight excluding hydrogens is 496 g/mol. The van der Waals surface area contributed by atoms with Gasteiger partial charge >= 0.3 is 5.97 Å². The number of aromatic nitrogens is 1. The number of aliphatic hydroxyl groups excluding tert-OH is 1. The molecule has 2 N–H and O–H groups in total. The third kappa shape index (κ3) is 3.16. The number of nitrogens with zero attached hydrogens (tertiary/aromatic N) is 1. The fraction of sp³-hybridized carbons (Fsp3) is 0.308. The van der Waals surface area contributed by atoms with Gasteiger partial charge in [-0.3, -0.25) is 4.79 Å². The predicted molar refractivity (Wildman–Crippen MR) is 124 cm³/mol. The molecule has 188 valence electrons. The number of ether oxygens (including phenoxy) is 3. The van der Waals surface area contributed by atoms with Gasteiger partial charge in [-0.25, -0.2) is 13.8 Å². The fourth-order valence-corrected chi connectivity index (χ4v) is 5.86. The van der Waals surface area contributed by atoms with E-state index in [4.69, 9.17) is 25.8 Å². The Morgan fingerprint density at radius 2 is 1.81 bits per heavy atom. The van der Waals surface area contributed by atoms with Crippen molar-refractivity contribution in [3.8, 4) is 11.6 Å². The van der Waals surface area contributed by atoms with Gasteiger partial charge < -0.3 is 24.4 Å². The van der Waals surface area contributed by atoms with Crippen molar-refractivity contribution in [1.82, 2.24) is 4.98 Å². The minimum atomic E-state index is -2.72. The number of aliphatic hydroxyl groups is 2. The summed E-state index contributed by atoms with van der Waals surface area (Å²) in [5.41, 5.74) is -3.62. The minimum absolute atomic E-state index is 0.00707. The van der Waals surface area contributed by atoms with Crippen LogP contribution in [0.1, 0.15) is 34.6 Å². The zero-order valence-electron chi connectivity index (χ0n) is 19.2. The maximum absolute atomic E-state index is 13.4. The standard InChI is InChI=1S/C26H22ClF2NO6/c1-34-23-20-16(12-17(27)30-23)36-26(15-10-8-14(9-11-15)22(28)29)19(13-6-4-3-5-7-13)18(24(32)35-2)21(31)25(20,26)33/h3-12,18-19,21-22,31,33H,1-2H3/t18-,19-,21-,25+,26+/m1/s1. The van der Waals surface area contributed by atoms with Gasteiger partial charge in [-0.1, -0.05) is 66.2 Å². The minimum Gasteiger partial charge on any atom is -0.481 e. The van der Waals surface area contributed by atoms with E-state index in [0.717, 1.165) is 0 Å². The summed E-state index contributed by atoms with van der Waals surface area (Å²) in [6, 6.07) is 15.3. The van der Waals surface area contributed by atoms with Crippen LogP contribution in [-0.4, -0.2) is 41.5 Å². The van der Waals surface area contributed by atoms with E-state index >= 15 is 0 Å². The van der Waals surface area contributed by atoms with Gasteiger partial charge in [0, 0.05) is 17.5 Å². The smallest absolute Gasteiger partial charge is 0.312 e. The molecule has 5 rings (SSSR count). The third-order valence-electron chi connectivity index (χ3n) is 7.12. The molecule has 2 aliphatic rings. The van der Waals surface area contributed by atoms with Crippen molar-refractivity contribution in [2.75, 3.05) is 14.2 Å². The highest BCUT2D eigenvalue weighted by Gasteiger charge is 2.78. The lowest BCUT2D eigenvalue weighted by Gasteiger charge is -2.40. The predicted octanol–water partition coefficient (Wildman–Crippen LogP) is 4.10. The van der Waals surface area contributed by atoms with Crippen LogP contribution in [-0.2, 0) is 20.7 Å². The SMILES string of the molecule is COC(=O)[C@H]1[C@@H](O)[C@@]2(O)c3c(cc(Cl)nc3OC)O[C@@]2(c2ccc(C(F)F)cc2)[C@@H]1c1ccccc1. The maximum Gasteiger partial charge on any atom is 0.312 e. The van der Waals surface area contributed by atoms with Crippen molar-refractivity contribution in [1.29, 1.82) is 0 Å². The summed E-state index contributed by atoms with van der Waals surface area (Å²) in [7, 11) is 2.49. The molecule has 2 aromatic carbocycles. The first-order chi connectivity index (χ1) is 17.2. The first-order valence-corrected chi connectivity index (χ1v) is 11.4. The first kappa shape index (κ1) is 24.4. The van der Waals surface area contributed by atoms with E-state index in [9.17, 15) is 23.8 Å². The Bertz CT molecular complexity index is 1310. The second kappa shape index (κ2) is 8.69. The van der Waals surface area contributed by atoms with Crippen LogP contribution in [0.3, 0.4) is 0 Å².